The van der Waals surface area contributed by atoms with Gasteiger partial charge in [0.1, 0.15) is 22.4 Å². The normalized spacial score (nSPS) is 21.5. The van der Waals surface area contributed by atoms with Gasteiger partial charge in [0.2, 0.25) is 5.16 Å². The summed E-state index contributed by atoms with van der Waals surface area (Å²) in [6, 6.07) is 5.51. The molecule has 3 aliphatic heterocycles. The number of hydrogen-bond acceptors (Lipinski definition) is 9. The van der Waals surface area contributed by atoms with E-state index in [1.54, 1.807) is 35.9 Å². The Labute approximate surface area is 157 Å². The average Bonchev–Trinajstić information content (AvgIpc) is 3.34. The summed E-state index contributed by atoms with van der Waals surface area (Å²) in [5.41, 5.74) is 1.67. The Balaban J connectivity index is 1.50. The summed E-state index contributed by atoms with van der Waals surface area (Å²) in [6.07, 6.45) is 1.67. The molecule has 3 aliphatic rings. The van der Waals surface area contributed by atoms with Gasteiger partial charge in [-0.25, -0.2) is 4.68 Å². The van der Waals surface area contributed by atoms with Crippen molar-refractivity contribution in [3.05, 3.63) is 50.6 Å². The van der Waals surface area contributed by atoms with Crippen LogP contribution in [0.5, 0.6) is 0 Å². The van der Waals surface area contributed by atoms with E-state index in [2.05, 4.69) is 20.6 Å². The second kappa shape index (κ2) is 6.18. The molecule has 1 saturated heterocycles. The molecule has 1 atom stereocenters. The van der Waals surface area contributed by atoms with Crippen LogP contribution in [0, 0.1) is 10.1 Å². The number of ether oxygens (including phenoxy) is 1. The van der Waals surface area contributed by atoms with E-state index < -0.39 is 0 Å². The first-order valence-electron chi connectivity index (χ1n) is 8.06. The molecule has 1 unspecified atom stereocenters. The highest BCUT2D eigenvalue weighted by molar-refractivity contribution is 8.07. The van der Waals surface area contributed by atoms with E-state index in [1.807, 2.05) is 21.7 Å². The van der Waals surface area contributed by atoms with Gasteiger partial charge in [-0.05, 0) is 23.4 Å². The molecule has 0 amide bonds. The first-order valence-corrected chi connectivity index (χ1v) is 9.82. The molecule has 11 heteroatoms. The SMILES string of the molecule is O=[N+]([O-])c1cc(C2SC=C3Sc4nncn4N32)ccc1N1CCOCC1. The van der Waals surface area contributed by atoms with E-state index in [-0.39, 0.29) is 16.0 Å². The van der Waals surface area contributed by atoms with Crippen molar-refractivity contribution >= 4 is 34.9 Å². The molecule has 5 rings (SSSR count). The van der Waals surface area contributed by atoms with Crippen LogP contribution in [0.4, 0.5) is 11.4 Å². The second-order valence-corrected chi connectivity index (χ2v) is 7.90. The minimum absolute atomic E-state index is 0.0767. The highest BCUT2D eigenvalue weighted by Gasteiger charge is 2.38. The molecule has 1 aromatic carbocycles. The Morgan fingerprint density at radius 3 is 2.96 bits per heavy atom. The highest BCUT2D eigenvalue weighted by Crippen LogP contribution is 2.51. The van der Waals surface area contributed by atoms with E-state index in [0.717, 1.165) is 15.7 Å². The van der Waals surface area contributed by atoms with Crippen molar-refractivity contribution in [2.24, 2.45) is 0 Å². The van der Waals surface area contributed by atoms with Gasteiger partial charge in [-0.3, -0.25) is 15.1 Å². The van der Waals surface area contributed by atoms with Crippen LogP contribution in [0.3, 0.4) is 0 Å². The summed E-state index contributed by atoms with van der Waals surface area (Å²) in [4.78, 5) is 13.4. The van der Waals surface area contributed by atoms with Crippen molar-refractivity contribution < 1.29 is 9.66 Å². The minimum atomic E-state index is -0.300. The number of nitro groups is 1. The lowest BCUT2D eigenvalue weighted by molar-refractivity contribution is -0.384. The van der Waals surface area contributed by atoms with Crippen LogP contribution in [-0.2, 0) is 4.74 Å². The van der Waals surface area contributed by atoms with Gasteiger partial charge in [0.15, 0.2) is 0 Å². The molecule has 0 aliphatic carbocycles. The Morgan fingerprint density at radius 1 is 1.31 bits per heavy atom. The molecular weight excluding hydrogens is 376 g/mol. The minimum Gasteiger partial charge on any atom is -0.378 e. The van der Waals surface area contributed by atoms with Gasteiger partial charge in [0.05, 0.1) is 18.1 Å². The lowest BCUT2D eigenvalue weighted by Gasteiger charge is -2.29. The molecule has 0 spiro atoms. The van der Waals surface area contributed by atoms with Crippen LogP contribution in [-0.4, -0.2) is 46.1 Å². The first-order chi connectivity index (χ1) is 12.7. The van der Waals surface area contributed by atoms with E-state index in [4.69, 9.17) is 4.74 Å². The van der Waals surface area contributed by atoms with Crippen molar-refractivity contribution in [1.29, 1.82) is 0 Å². The van der Waals surface area contributed by atoms with Gasteiger partial charge in [-0.15, -0.1) is 10.2 Å². The summed E-state index contributed by atoms with van der Waals surface area (Å²) >= 11 is 3.17. The fourth-order valence-electron chi connectivity index (χ4n) is 3.30. The number of morpholine rings is 1. The summed E-state index contributed by atoms with van der Waals surface area (Å²) in [7, 11) is 0. The molecule has 1 fully saturated rings. The van der Waals surface area contributed by atoms with E-state index in [9.17, 15) is 10.1 Å². The number of benzene rings is 1. The molecule has 2 aromatic rings. The maximum absolute atomic E-state index is 11.7. The zero-order valence-electron chi connectivity index (χ0n) is 13.5. The zero-order valence-corrected chi connectivity index (χ0v) is 15.2. The predicted molar refractivity (Wildman–Crippen MR) is 98.6 cm³/mol. The monoisotopic (exact) mass is 390 g/mol. The second-order valence-electron chi connectivity index (χ2n) is 5.95. The Morgan fingerprint density at radius 2 is 2.15 bits per heavy atom. The van der Waals surface area contributed by atoms with E-state index in [0.29, 0.717) is 32.0 Å². The van der Waals surface area contributed by atoms with Gasteiger partial charge < -0.3 is 9.64 Å². The van der Waals surface area contributed by atoms with Gasteiger partial charge >= 0.3 is 0 Å². The smallest absolute Gasteiger partial charge is 0.292 e. The molecule has 134 valence electrons. The first kappa shape index (κ1) is 16.0. The Kier molecular flexibility index (Phi) is 3.80. The van der Waals surface area contributed by atoms with Crippen LogP contribution < -0.4 is 9.91 Å². The van der Waals surface area contributed by atoms with Crippen molar-refractivity contribution in [2.75, 3.05) is 36.2 Å². The van der Waals surface area contributed by atoms with Gasteiger partial charge in [0.25, 0.3) is 5.69 Å². The summed E-state index contributed by atoms with van der Waals surface area (Å²) in [6.45, 7) is 2.51. The maximum atomic E-state index is 11.7. The molecule has 1 aromatic heterocycles. The molecule has 0 radical (unpaired) electrons. The maximum Gasteiger partial charge on any atom is 0.292 e. The number of rotatable bonds is 3. The predicted octanol–water partition coefficient (Wildman–Crippen LogP) is 2.31. The molecule has 26 heavy (non-hydrogen) atoms. The fraction of sp³-hybridized carbons (Fsp3) is 0.333. The highest BCUT2D eigenvalue weighted by atomic mass is 32.2. The number of aromatic nitrogens is 3. The third kappa shape index (κ3) is 2.46. The van der Waals surface area contributed by atoms with Crippen molar-refractivity contribution in [1.82, 2.24) is 14.9 Å². The van der Waals surface area contributed by atoms with Crippen LogP contribution in [0.1, 0.15) is 10.9 Å². The van der Waals surface area contributed by atoms with Crippen molar-refractivity contribution in [3.8, 4) is 0 Å². The third-order valence-corrected chi connectivity index (χ3v) is 6.71. The fourth-order valence-corrected chi connectivity index (χ4v) is 5.50. The largest absolute Gasteiger partial charge is 0.378 e. The number of thioether (sulfide) groups is 2. The quantitative estimate of drug-likeness (QED) is 0.578. The lowest BCUT2D eigenvalue weighted by Crippen LogP contribution is -2.36. The number of hydrogen-bond donors (Lipinski definition) is 0. The number of nitrogens with zero attached hydrogens (tertiary/aromatic N) is 6. The third-order valence-electron chi connectivity index (χ3n) is 4.51. The molecular formula is C15H14N6O3S2. The van der Waals surface area contributed by atoms with Crippen LogP contribution in [0.25, 0.3) is 0 Å². The van der Waals surface area contributed by atoms with Crippen LogP contribution >= 0.6 is 23.5 Å². The van der Waals surface area contributed by atoms with E-state index in [1.165, 1.54) is 0 Å². The van der Waals surface area contributed by atoms with Crippen molar-refractivity contribution in [3.63, 3.8) is 0 Å². The Hall–Kier alpha value is -2.24. The summed E-state index contributed by atoms with van der Waals surface area (Å²) < 4.78 is 7.25. The summed E-state index contributed by atoms with van der Waals surface area (Å²) in [5, 5.41) is 25.6. The molecule has 4 heterocycles. The van der Waals surface area contributed by atoms with Gasteiger partial charge in [-0.1, -0.05) is 17.8 Å². The number of nitro benzene ring substituents is 1. The average molecular weight is 390 g/mol. The van der Waals surface area contributed by atoms with E-state index >= 15 is 0 Å². The topological polar surface area (TPSA) is 89.6 Å². The number of anilines is 1. The molecule has 0 N–H and O–H groups in total. The van der Waals surface area contributed by atoms with Crippen LogP contribution in [0.15, 0.2) is 40.1 Å². The molecule has 0 saturated carbocycles. The number of fused-ring (bicyclic) bond motifs is 3. The zero-order chi connectivity index (χ0) is 17.7. The lowest BCUT2D eigenvalue weighted by atomic mass is 10.1. The van der Waals surface area contributed by atoms with Crippen molar-refractivity contribution in [2.45, 2.75) is 10.5 Å². The van der Waals surface area contributed by atoms with Crippen LogP contribution in [0.2, 0.25) is 0 Å². The standard InChI is InChI=1S/C15H14N6O3S2/c22-21(23)12-7-10(1-2-11(12)18-3-5-24-6-4-18)14-20-13(8-25-14)26-15-17-16-9-19(15)20/h1-2,7-9,14H,3-6H2. The van der Waals surface area contributed by atoms with Gasteiger partial charge in [0, 0.05) is 24.6 Å². The molecule has 0 bridgehead atoms. The summed E-state index contributed by atoms with van der Waals surface area (Å²) in [5.74, 6) is 0. The Bertz CT molecular complexity index is 911. The molecule has 9 nitrogen and oxygen atoms in total. The van der Waals surface area contributed by atoms with Gasteiger partial charge in [-0.2, -0.15) is 0 Å².